The van der Waals surface area contributed by atoms with Crippen molar-refractivity contribution in [2.45, 2.75) is 20.4 Å². The van der Waals surface area contributed by atoms with E-state index >= 15 is 0 Å². The van der Waals surface area contributed by atoms with Gasteiger partial charge in [-0.1, -0.05) is 10.3 Å². The van der Waals surface area contributed by atoms with Gasteiger partial charge in [-0.3, -0.25) is 0 Å². The van der Waals surface area contributed by atoms with Crippen LogP contribution in [-0.2, 0) is 6.54 Å². The highest BCUT2D eigenvalue weighted by molar-refractivity contribution is 5.20. The van der Waals surface area contributed by atoms with Crippen LogP contribution in [-0.4, -0.2) is 5.16 Å². The highest BCUT2D eigenvalue weighted by Crippen LogP contribution is 2.12. The Labute approximate surface area is 63.6 Å². The molecule has 1 aromatic heterocycles. The van der Waals surface area contributed by atoms with Crippen LogP contribution in [0.25, 0.3) is 10.4 Å². The van der Waals surface area contributed by atoms with E-state index < -0.39 is 0 Å². The van der Waals surface area contributed by atoms with Gasteiger partial charge in [0.15, 0.2) is 0 Å². The summed E-state index contributed by atoms with van der Waals surface area (Å²) >= 11 is 0. The molecule has 11 heavy (non-hydrogen) atoms. The maximum absolute atomic E-state index is 8.05. The van der Waals surface area contributed by atoms with E-state index in [0.29, 0.717) is 6.54 Å². The van der Waals surface area contributed by atoms with Gasteiger partial charge in [0.1, 0.15) is 5.76 Å². The van der Waals surface area contributed by atoms with Gasteiger partial charge >= 0.3 is 0 Å². The van der Waals surface area contributed by atoms with Crippen molar-refractivity contribution in [1.29, 1.82) is 0 Å². The summed E-state index contributed by atoms with van der Waals surface area (Å²) in [6.45, 7) is 3.93. The minimum atomic E-state index is 0.317. The highest BCUT2D eigenvalue weighted by Gasteiger charge is 2.06. The van der Waals surface area contributed by atoms with Crippen molar-refractivity contribution in [2.75, 3.05) is 0 Å². The van der Waals surface area contributed by atoms with Crippen molar-refractivity contribution in [3.63, 3.8) is 0 Å². The van der Waals surface area contributed by atoms with Gasteiger partial charge in [0.25, 0.3) is 0 Å². The molecule has 1 heterocycles. The van der Waals surface area contributed by atoms with Gasteiger partial charge in [-0.25, -0.2) is 0 Å². The lowest BCUT2D eigenvalue weighted by Crippen LogP contribution is -1.83. The zero-order chi connectivity index (χ0) is 8.27. The van der Waals surface area contributed by atoms with E-state index in [-0.39, 0.29) is 0 Å². The van der Waals surface area contributed by atoms with E-state index in [1.165, 1.54) is 0 Å². The summed E-state index contributed by atoms with van der Waals surface area (Å²) in [5.74, 6) is 0.718. The Balaban J connectivity index is 2.91. The van der Waals surface area contributed by atoms with Crippen molar-refractivity contribution in [2.24, 2.45) is 5.11 Å². The first-order chi connectivity index (χ1) is 5.25. The zero-order valence-electron chi connectivity index (χ0n) is 6.40. The second-order valence-electron chi connectivity index (χ2n) is 2.19. The summed E-state index contributed by atoms with van der Waals surface area (Å²) < 4.78 is 4.86. The molecule has 0 aliphatic heterocycles. The van der Waals surface area contributed by atoms with Gasteiger partial charge in [-0.2, -0.15) is 0 Å². The van der Waals surface area contributed by atoms with Crippen molar-refractivity contribution in [3.05, 3.63) is 27.5 Å². The molecule has 0 fully saturated rings. The van der Waals surface area contributed by atoms with Crippen LogP contribution in [0.4, 0.5) is 0 Å². The van der Waals surface area contributed by atoms with Crippen LogP contribution >= 0.6 is 0 Å². The number of nitrogens with zero attached hydrogens (tertiary/aromatic N) is 4. The normalized spacial score (nSPS) is 9.27. The first-order valence-electron chi connectivity index (χ1n) is 3.18. The van der Waals surface area contributed by atoms with Crippen LogP contribution < -0.4 is 0 Å². The Morgan fingerprint density at radius 3 is 2.82 bits per heavy atom. The molecule has 0 saturated carbocycles. The van der Waals surface area contributed by atoms with Gasteiger partial charge in [-0.05, 0) is 19.4 Å². The molecule has 0 spiro atoms. The molecule has 0 aliphatic rings. The Bertz CT molecular complexity index is 278. The van der Waals surface area contributed by atoms with E-state index in [1.54, 1.807) is 6.92 Å². The van der Waals surface area contributed by atoms with Crippen LogP contribution in [0.3, 0.4) is 0 Å². The molecule has 1 aromatic rings. The maximum atomic E-state index is 8.05. The average molecular weight is 152 g/mol. The van der Waals surface area contributed by atoms with Crippen LogP contribution in [0.5, 0.6) is 0 Å². The molecular weight excluding hydrogens is 144 g/mol. The Morgan fingerprint density at radius 2 is 2.36 bits per heavy atom. The smallest absolute Gasteiger partial charge is 0.137 e. The number of hydrogen-bond donors (Lipinski definition) is 0. The lowest BCUT2D eigenvalue weighted by Gasteiger charge is -1.88. The van der Waals surface area contributed by atoms with Crippen LogP contribution in [0.1, 0.15) is 17.0 Å². The van der Waals surface area contributed by atoms with Gasteiger partial charge in [0.05, 0.1) is 12.2 Å². The predicted molar refractivity (Wildman–Crippen MR) is 38.8 cm³/mol. The standard InChI is InChI=1S/C6H8N4O/c1-4-6(3-8-10-7)5(2)11-9-4/h3H2,1-2H3. The Morgan fingerprint density at radius 1 is 1.64 bits per heavy atom. The van der Waals surface area contributed by atoms with Gasteiger partial charge in [0, 0.05) is 10.5 Å². The van der Waals surface area contributed by atoms with E-state index in [4.69, 9.17) is 10.1 Å². The molecule has 5 nitrogen and oxygen atoms in total. The third kappa shape index (κ3) is 1.50. The molecule has 1 rings (SSSR count). The summed E-state index contributed by atoms with van der Waals surface area (Å²) in [7, 11) is 0. The van der Waals surface area contributed by atoms with Gasteiger partial charge in [0.2, 0.25) is 0 Å². The Kier molecular flexibility index (Phi) is 2.13. The molecular formula is C6H8N4O. The summed E-state index contributed by atoms with van der Waals surface area (Å²) in [5, 5.41) is 7.13. The Hall–Kier alpha value is -1.48. The summed E-state index contributed by atoms with van der Waals surface area (Å²) in [4.78, 5) is 2.65. The van der Waals surface area contributed by atoms with Crippen LogP contribution in [0, 0.1) is 13.8 Å². The monoisotopic (exact) mass is 152 g/mol. The predicted octanol–water partition coefficient (Wildman–Crippen LogP) is 2.10. The summed E-state index contributed by atoms with van der Waals surface area (Å²) in [5.41, 5.74) is 9.72. The number of aromatic nitrogens is 1. The molecule has 0 radical (unpaired) electrons. The first kappa shape index (κ1) is 7.63. The SMILES string of the molecule is Cc1noc(C)c1CN=[N+]=[N-]. The number of azide groups is 1. The number of aryl methyl sites for hydroxylation is 2. The van der Waals surface area contributed by atoms with E-state index in [1.807, 2.05) is 6.92 Å². The third-order valence-electron chi connectivity index (χ3n) is 1.47. The van der Waals surface area contributed by atoms with Crippen LogP contribution in [0.15, 0.2) is 9.64 Å². The fourth-order valence-corrected chi connectivity index (χ4v) is 0.830. The maximum Gasteiger partial charge on any atom is 0.137 e. The lowest BCUT2D eigenvalue weighted by atomic mass is 10.2. The van der Waals surface area contributed by atoms with Crippen molar-refractivity contribution < 1.29 is 4.52 Å². The second kappa shape index (κ2) is 3.07. The third-order valence-corrected chi connectivity index (χ3v) is 1.47. The minimum absolute atomic E-state index is 0.317. The van der Waals surface area contributed by atoms with E-state index in [2.05, 4.69) is 15.2 Å². The van der Waals surface area contributed by atoms with Crippen molar-refractivity contribution in [1.82, 2.24) is 5.16 Å². The summed E-state index contributed by atoms with van der Waals surface area (Å²) in [6.07, 6.45) is 0. The fourth-order valence-electron chi connectivity index (χ4n) is 0.830. The first-order valence-corrected chi connectivity index (χ1v) is 3.18. The van der Waals surface area contributed by atoms with Gasteiger partial charge in [-0.15, -0.1) is 0 Å². The van der Waals surface area contributed by atoms with E-state index in [9.17, 15) is 0 Å². The molecule has 0 aliphatic carbocycles. The number of hydrogen-bond acceptors (Lipinski definition) is 3. The topological polar surface area (TPSA) is 74.8 Å². The molecule has 0 atom stereocenters. The molecule has 58 valence electrons. The molecule has 0 amide bonds. The fraction of sp³-hybridized carbons (Fsp3) is 0.500. The zero-order valence-corrected chi connectivity index (χ0v) is 6.40. The van der Waals surface area contributed by atoms with Crippen molar-refractivity contribution >= 4 is 0 Å². The summed E-state index contributed by atoms with van der Waals surface area (Å²) in [6, 6.07) is 0. The van der Waals surface area contributed by atoms with E-state index in [0.717, 1.165) is 17.0 Å². The largest absolute Gasteiger partial charge is 0.361 e. The number of rotatable bonds is 2. The van der Waals surface area contributed by atoms with Gasteiger partial charge < -0.3 is 4.52 Å². The molecule has 5 heteroatoms. The minimum Gasteiger partial charge on any atom is -0.361 e. The molecule has 0 saturated heterocycles. The quantitative estimate of drug-likeness (QED) is 0.369. The highest BCUT2D eigenvalue weighted by atomic mass is 16.5. The molecule has 0 unspecified atom stereocenters. The lowest BCUT2D eigenvalue weighted by molar-refractivity contribution is 0.392. The second-order valence-corrected chi connectivity index (χ2v) is 2.19. The van der Waals surface area contributed by atoms with Crippen LogP contribution in [0.2, 0.25) is 0 Å². The molecule has 0 N–H and O–H groups in total. The van der Waals surface area contributed by atoms with Crippen molar-refractivity contribution in [3.8, 4) is 0 Å². The average Bonchev–Trinajstić information content (AvgIpc) is 2.29. The molecule has 0 bridgehead atoms. The molecule has 0 aromatic carbocycles.